The Labute approximate surface area is 153 Å². The lowest BCUT2D eigenvalue weighted by Crippen LogP contribution is -2.37. The van der Waals surface area contributed by atoms with Crippen LogP contribution in [-0.4, -0.2) is 59.3 Å². The van der Waals surface area contributed by atoms with E-state index in [9.17, 15) is 13.2 Å². The van der Waals surface area contributed by atoms with Crippen LogP contribution in [0.2, 0.25) is 0 Å². The molecule has 1 amide bonds. The number of sulfonamides is 1. The standard InChI is InChI=1S/C14H17BrN4O3S2/c1-17-8-13(16-10-17)24(21,22)19-4-2-3-18(5-6-19)14(20)12-7-11(15)9-23-12/h7-10H,2-6H2,1H3. The quantitative estimate of drug-likeness (QED) is 0.740. The number of aryl methyl sites for hydroxylation is 1. The van der Waals surface area contributed by atoms with Gasteiger partial charge in [0, 0.05) is 49.3 Å². The molecule has 1 aliphatic rings. The first-order valence-electron chi connectivity index (χ1n) is 7.39. The molecule has 130 valence electrons. The minimum absolute atomic E-state index is 0.0481. The number of hydrogen-bond donors (Lipinski definition) is 0. The maximum atomic E-state index is 12.6. The molecule has 3 heterocycles. The van der Waals surface area contributed by atoms with Crippen LogP contribution in [0.15, 0.2) is 33.5 Å². The molecule has 2 aromatic heterocycles. The van der Waals surface area contributed by atoms with Crippen LogP contribution < -0.4 is 0 Å². The van der Waals surface area contributed by atoms with Gasteiger partial charge in [-0.15, -0.1) is 11.3 Å². The molecule has 1 fully saturated rings. The topological polar surface area (TPSA) is 75.5 Å². The number of rotatable bonds is 3. The van der Waals surface area contributed by atoms with E-state index in [1.54, 1.807) is 22.6 Å². The molecule has 7 nitrogen and oxygen atoms in total. The fourth-order valence-electron chi connectivity index (χ4n) is 2.57. The monoisotopic (exact) mass is 432 g/mol. The fraction of sp³-hybridized carbons (Fsp3) is 0.429. The fourth-order valence-corrected chi connectivity index (χ4v) is 5.40. The van der Waals surface area contributed by atoms with Gasteiger partial charge < -0.3 is 9.47 Å². The summed E-state index contributed by atoms with van der Waals surface area (Å²) in [6.07, 6.45) is 3.56. The molecule has 3 rings (SSSR count). The Kier molecular flexibility index (Phi) is 5.09. The summed E-state index contributed by atoms with van der Waals surface area (Å²) < 4.78 is 29.2. The highest BCUT2D eigenvalue weighted by Crippen LogP contribution is 2.22. The normalized spacial score (nSPS) is 17.0. The maximum absolute atomic E-state index is 12.6. The van der Waals surface area contributed by atoms with Gasteiger partial charge in [-0.3, -0.25) is 4.79 Å². The van der Waals surface area contributed by atoms with Crippen LogP contribution in [0.25, 0.3) is 0 Å². The molecule has 1 saturated heterocycles. The molecule has 0 spiro atoms. The van der Waals surface area contributed by atoms with Crippen LogP contribution in [-0.2, 0) is 17.1 Å². The highest BCUT2D eigenvalue weighted by atomic mass is 79.9. The van der Waals surface area contributed by atoms with Crippen molar-refractivity contribution in [1.29, 1.82) is 0 Å². The molecule has 0 bridgehead atoms. The number of halogens is 1. The predicted octanol–water partition coefficient (Wildman–Crippen LogP) is 1.78. The number of hydrogen-bond acceptors (Lipinski definition) is 5. The summed E-state index contributed by atoms with van der Waals surface area (Å²) in [5, 5.41) is 1.91. The van der Waals surface area contributed by atoms with Gasteiger partial charge in [-0.2, -0.15) is 4.31 Å². The number of carbonyl (C=O) groups excluding carboxylic acids is 1. The van der Waals surface area contributed by atoms with Gasteiger partial charge in [0.05, 0.1) is 11.2 Å². The number of thiophene rings is 1. The third-order valence-corrected chi connectivity index (χ3v) is 7.27. The first kappa shape index (κ1) is 17.6. The molecule has 0 N–H and O–H groups in total. The number of imidazole rings is 1. The highest BCUT2D eigenvalue weighted by Gasteiger charge is 2.30. The van der Waals surface area contributed by atoms with Gasteiger partial charge in [0.2, 0.25) is 0 Å². The lowest BCUT2D eigenvalue weighted by Gasteiger charge is -2.20. The maximum Gasteiger partial charge on any atom is 0.264 e. The molecule has 0 saturated carbocycles. The lowest BCUT2D eigenvalue weighted by atomic mass is 10.3. The summed E-state index contributed by atoms with van der Waals surface area (Å²) in [6.45, 7) is 1.58. The molecule has 1 aliphatic heterocycles. The molecular formula is C14H17BrN4O3S2. The van der Waals surface area contributed by atoms with Gasteiger partial charge in [-0.05, 0) is 28.4 Å². The molecule has 0 aliphatic carbocycles. The summed E-state index contributed by atoms with van der Waals surface area (Å²) in [5.41, 5.74) is 0. The third-order valence-electron chi connectivity index (χ3n) is 3.81. The van der Waals surface area contributed by atoms with Crippen molar-refractivity contribution in [2.75, 3.05) is 26.2 Å². The summed E-state index contributed by atoms with van der Waals surface area (Å²) in [4.78, 5) is 18.8. The Morgan fingerprint density at radius 3 is 2.71 bits per heavy atom. The Bertz CT molecular complexity index is 846. The molecule has 0 aromatic carbocycles. The highest BCUT2D eigenvalue weighted by molar-refractivity contribution is 9.10. The largest absolute Gasteiger partial charge is 0.339 e. The van der Waals surface area contributed by atoms with E-state index in [4.69, 9.17) is 0 Å². The van der Waals surface area contributed by atoms with E-state index in [-0.39, 0.29) is 17.5 Å². The van der Waals surface area contributed by atoms with Crippen molar-refractivity contribution < 1.29 is 13.2 Å². The predicted molar refractivity (Wildman–Crippen MR) is 94.5 cm³/mol. The number of amides is 1. The van der Waals surface area contributed by atoms with Crippen LogP contribution >= 0.6 is 27.3 Å². The van der Waals surface area contributed by atoms with Crippen molar-refractivity contribution in [2.24, 2.45) is 7.05 Å². The second kappa shape index (κ2) is 6.95. The number of nitrogens with zero attached hydrogens (tertiary/aromatic N) is 4. The van der Waals surface area contributed by atoms with Gasteiger partial charge in [-0.25, -0.2) is 13.4 Å². The Balaban J connectivity index is 1.72. The van der Waals surface area contributed by atoms with E-state index in [1.807, 2.05) is 5.38 Å². The van der Waals surface area contributed by atoms with Crippen molar-refractivity contribution in [1.82, 2.24) is 18.8 Å². The zero-order valence-corrected chi connectivity index (χ0v) is 16.3. The van der Waals surface area contributed by atoms with Crippen LogP contribution in [0, 0.1) is 0 Å². The molecule has 24 heavy (non-hydrogen) atoms. The molecule has 10 heteroatoms. The van der Waals surface area contributed by atoms with E-state index >= 15 is 0 Å². The molecule has 2 aromatic rings. The zero-order valence-electron chi connectivity index (χ0n) is 13.1. The van der Waals surface area contributed by atoms with E-state index in [2.05, 4.69) is 20.9 Å². The summed E-state index contributed by atoms with van der Waals surface area (Å²) >= 11 is 4.73. The van der Waals surface area contributed by atoms with E-state index < -0.39 is 10.0 Å². The van der Waals surface area contributed by atoms with Crippen molar-refractivity contribution in [3.8, 4) is 0 Å². The van der Waals surface area contributed by atoms with Gasteiger partial charge in [-0.1, -0.05) is 0 Å². The minimum Gasteiger partial charge on any atom is -0.339 e. The smallest absolute Gasteiger partial charge is 0.264 e. The number of aromatic nitrogens is 2. The average molecular weight is 433 g/mol. The van der Waals surface area contributed by atoms with E-state index in [0.717, 1.165) is 4.47 Å². The molecule has 0 unspecified atom stereocenters. The molecular weight excluding hydrogens is 416 g/mol. The van der Waals surface area contributed by atoms with Crippen LogP contribution in [0.1, 0.15) is 16.1 Å². The van der Waals surface area contributed by atoms with Crippen molar-refractivity contribution in [3.63, 3.8) is 0 Å². The summed E-state index contributed by atoms with van der Waals surface area (Å²) in [6, 6.07) is 1.79. The van der Waals surface area contributed by atoms with Crippen molar-refractivity contribution in [3.05, 3.63) is 33.3 Å². The average Bonchev–Trinajstić information content (AvgIpc) is 3.08. The molecule has 0 radical (unpaired) electrons. The van der Waals surface area contributed by atoms with Gasteiger partial charge in [0.25, 0.3) is 15.9 Å². The van der Waals surface area contributed by atoms with Gasteiger partial charge in [0.1, 0.15) is 0 Å². The van der Waals surface area contributed by atoms with E-state index in [0.29, 0.717) is 30.9 Å². The molecule has 0 atom stereocenters. The summed E-state index contributed by atoms with van der Waals surface area (Å²) in [7, 11) is -1.89. The second-order valence-corrected chi connectivity index (χ2v) is 9.27. The van der Waals surface area contributed by atoms with Crippen molar-refractivity contribution in [2.45, 2.75) is 11.4 Å². The number of carbonyl (C=O) groups is 1. The van der Waals surface area contributed by atoms with Gasteiger partial charge >= 0.3 is 0 Å². The lowest BCUT2D eigenvalue weighted by molar-refractivity contribution is 0.0769. The minimum atomic E-state index is -3.62. The van der Waals surface area contributed by atoms with Gasteiger partial charge in [0.15, 0.2) is 5.03 Å². The Morgan fingerprint density at radius 2 is 2.08 bits per heavy atom. The van der Waals surface area contributed by atoms with Crippen molar-refractivity contribution >= 4 is 43.2 Å². The summed E-state index contributed by atoms with van der Waals surface area (Å²) in [5.74, 6) is -0.0530. The first-order chi connectivity index (χ1) is 11.4. The Morgan fingerprint density at radius 1 is 1.29 bits per heavy atom. The second-order valence-electron chi connectivity index (χ2n) is 5.56. The third kappa shape index (κ3) is 3.56. The first-order valence-corrected chi connectivity index (χ1v) is 10.5. The zero-order chi connectivity index (χ0) is 17.3. The van der Waals surface area contributed by atoms with E-state index in [1.165, 1.54) is 28.2 Å². The van der Waals surface area contributed by atoms with Crippen LogP contribution in [0.3, 0.4) is 0 Å². The van der Waals surface area contributed by atoms with Crippen LogP contribution in [0.5, 0.6) is 0 Å². The van der Waals surface area contributed by atoms with Crippen LogP contribution in [0.4, 0.5) is 0 Å². The SMILES string of the molecule is Cn1cnc(S(=O)(=O)N2CCCN(C(=O)c3cc(Br)cs3)CC2)c1. The Hall–Kier alpha value is -1.23.